The maximum Gasteiger partial charge on any atom is 0.165 e. The number of halogens is 2. The van der Waals surface area contributed by atoms with Gasteiger partial charge in [-0.25, -0.2) is 0 Å². The molecule has 0 aromatic heterocycles. The van der Waals surface area contributed by atoms with Crippen LogP contribution < -0.4 is 5.73 Å². The molecule has 2 atom stereocenters. The molecule has 1 aromatic carbocycles. The van der Waals surface area contributed by atoms with E-state index < -0.39 is 0 Å². The summed E-state index contributed by atoms with van der Waals surface area (Å²) in [7, 11) is 0. The van der Waals surface area contributed by atoms with Gasteiger partial charge in [0.1, 0.15) is 6.10 Å². The molecule has 0 spiro atoms. The van der Waals surface area contributed by atoms with Crippen molar-refractivity contribution in [3.63, 3.8) is 0 Å². The molecule has 2 N–H and O–H groups in total. The second-order valence-electron chi connectivity index (χ2n) is 4.42. The number of hydrogen-bond donors (Lipinski definition) is 1. The standard InChI is InChI=1S/C13H15Cl2NO2/c14-10-3-1-2-8(13(10)15)6-11(17)12-5-4-9(7-16)18-12/h1-3,9,12H,4-7,16H2. The van der Waals surface area contributed by atoms with Crippen molar-refractivity contribution in [2.24, 2.45) is 5.73 Å². The van der Waals surface area contributed by atoms with E-state index in [1.54, 1.807) is 12.1 Å². The number of rotatable bonds is 4. The van der Waals surface area contributed by atoms with E-state index in [4.69, 9.17) is 33.7 Å². The van der Waals surface area contributed by atoms with Gasteiger partial charge in [0.25, 0.3) is 0 Å². The maximum absolute atomic E-state index is 12.1. The van der Waals surface area contributed by atoms with Crippen LogP contribution in [0.4, 0.5) is 0 Å². The molecular weight excluding hydrogens is 273 g/mol. The van der Waals surface area contributed by atoms with E-state index in [2.05, 4.69) is 0 Å². The third-order valence-corrected chi connectivity index (χ3v) is 3.98. The van der Waals surface area contributed by atoms with Crippen molar-refractivity contribution in [1.29, 1.82) is 0 Å². The highest BCUT2D eigenvalue weighted by Gasteiger charge is 2.29. The molecule has 0 bridgehead atoms. The molecule has 0 amide bonds. The Hall–Kier alpha value is -0.610. The minimum atomic E-state index is -0.353. The van der Waals surface area contributed by atoms with Gasteiger partial charge in [-0.3, -0.25) is 4.79 Å². The van der Waals surface area contributed by atoms with E-state index in [0.717, 1.165) is 18.4 Å². The maximum atomic E-state index is 12.1. The summed E-state index contributed by atoms with van der Waals surface area (Å²) in [6.45, 7) is 0.460. The van der Waals surface area contributed by atoms with Gasteiger partial charge in [0.15, 0.2) is 5.78 Å². The smallest absolute Gasteiger partial charge is 0.165 e. The van der Waals surface area contributed by atoms with Crippen molar-refractivity contribution >= 4 is 29.0 Å². The molecule has 5 heteroatoms. The van der Waals surface area contributed by atoms with Crippen LogP contribution in [-0.2, 0) is 16.0 Å². The van der Waals surface area contributed by atoms with Crippen LogP contribution in [0.15, 0.2) is 18.2 Å². The lowest BCUT2D eigenvalue weighted by atomic mass is 10.0. The summed E-state index contributed by atoms with van der Waals surface area (Å²) < 4.78 is 5.56. The Morgan fingerprint density at radius 2 is 2.17 bits per heavy atom. The second kappa shape index (κ2) is 6.02. The highest BCUT2D eigenvalue weighted by molar-refractivity contribution is 6.42. The molecule has 0 radical (unpaired) electrons. The molecule has 2 rings (SSSR count). The highest BCUT2D eigenvalue weighted by atomic mass is 35.5. The minimum absolute atomic E-state index is 0.00813. The van der Waals surface area contributed by atoms with Gasteiger partial charge in [0.2, 0.25) is 0 Å². The molecule has 1 fully saturated rings. The van der Waals surface area contributed by atoms with Crippen molar-refractivity contribution < 1.29 is 9.53 Å². The zero-order valence-corrected chi connectivity index (χ0v) is 11.4. The van der Waals surface area contributed by atoms with Crippen LogP contribution in [0.1, 0.15) is 18.4 Å². The molecule has 1 aromatic rings. The van der Waals surface area contributed by atoms with Gasteiger partial charge < -0.3 is 10.5 Å². The summed E-state index contributed by atoms with van der Waals surface area (Å²) in [5, 5.41) is 0.912. The average Bonchev–Trinajstić information content (AvgIpc) is 2.83. The van der Waals surface area contributed by atoms with Crippen LogP contribution in [0.3, 0.4) is 0 Å². The topological polar surface area (TPSA) is 52.3 Å². The summed E-state index contributed by atoms with van der Waals surface area (Å²) in [5.74, 6) is 0.0371. The number of carbonyl (C=O) groups is 1. The van der Waals surface area contributed by atoms with Crippen molar-refractivity contribution in [1.82, 2.24) is 0 Å². The molecule has 1 saturated heterocycles. The zero-order chi connectivity index (χ0) is 13.1. The number of ketones is 1. The van der Waals surface area contributed by atoms with Crippen molar-refractivity contribution in [2.75, 3.05) is 6.54 Å². The Bertz CT molecular complexity index is 451. The molecule has 3 nitrogen and oxygen atoms in total. The van der Waals surface area contributed by atoms with Gasteiger partial charge in [-0.05, 0) is 24.5 Å². The normalized spacial score (nSPS) is 23.3. The first-order chi connectivity index (χ1) is 8.61. The number of ether oxygens (including phenoxy) is 1. The second-order valence-corrected chi connectivity index (χ2v) is 5.20. The SMILES string of the molecule is NCC1CCC(C(=O)Cc2cccc(Cl)c2Cl)O1. The first-order valence-electron chi connectivity index (χ1n) is 5.93. The van der Waals surface area contributed by atoms with Crippen molar-refractivity contribution in [2.45, 2.75) is 31.5 Å². The average molecular weight is 288 g/mol. The molecule has 1 heterocycles. The largest absolute Gasteiger partial charge is 0.366 e. The van der Waals surface area contributed by atoms with Crippen LogP contribution in [0.25, 0.3) is 0 Å². The van der Waals surface area contributed by atoms with Gasteiger partial charge in [-0.2, -0.15) is 0 Å². The lowest BCUT2D eigenvalue weighted by Crippen LogP contribution is -2.26. The van der Waals surface area contributed by atoms with Crippen LogP contribution in [0.2, 0.25) is 10.0 Å². The Morgan fingerprint density at radius 1 is 1.39 bits per heavy atom. The van der Waals surface area contributed by atoms with Gasteiger partial charge >= 0.3 is 0 Å². The van der Waals surface area contributed by atoms with Gasteiger partial charge in [0.05, 0.1) is 16.1 Å². The number of hydrogen-bond acceptors (Lipinski definition) is 3. The number of carbonyl (C=O) groups excluding carboxylic acids is 1. The van der Waals surface area contributed by atoms with E-state index in [0.29, 0.717) is 16.6 Å². The van der Waals surface area contributed by atoms with Crippen molar-refractivity contribution in [3.05, 3.63) is 33.8 Å². The van der Waals surface area contributed by atoms with Gasteiger partial charge in [0, 0.05) is 13.0 Å². The number of Topliss-reactive ketones (excluding diaryl/α,β-unsaturated/α-hetero) is 1. The fraction of sp³-hybridized carbons (Fsp3) is 0.462. The van der Waals surface area contributed by atoms with Crippen molar-refractivity contribution in [3.8, 4) is 0 Å². The lowest BCUT2D eigenvalue weighted by molar-refractivity contribution is -0.128. The first-order valence-corrected chi connectivity index (χ1v) is 6.68. The summed E-state index contributed by atoms with van der Waals surface area (Å²) in [6.07, 6.45) is 1.48. The molecule has 1 aliphatic rings. The zero-order valence-electron chi connectivity index (χ0n) is 9.86. The van der Waals surface area contributed by atoms with E-state index in [9.17, 15) is 4.79 Å². The third kappa shape index (κ3) is 3.04. The summed E-state index contributed by atoms with van der Waals surface area (Å²) >= 11 is 12.0. The monoisotopic (exact) mass is 287 g/mol. The third-order valence-electron chi connectivity index (χ3n) is 3.13. The molecule has 18 heavy (non-hydrogen) atoms. The molecule has 98 valence electrons. The Labute approximate surface area is 116 Å². The molecule has 0 aliphatic carbocycles. The Morgan fingerprint density at radius 3 is 2.83 bits per heavy atom. The first kappa shape index (κ1) is 13.8. The molecule has 2 unspecified atom stereocenters. The predicted molar refractivity (Wildman–Crippen MR) is 72.1 cm³/mol. The van der Waals surface area contributed by atoms with E-state index in [-0.39, 0.29) is 24.4 Å². The summed E-state index contributed by atoms with van der Waals surface area (Å²) in [5.41, 5.74) is 6.26. The summed E-state index contributed by atoms with van der Waals surface area (Å²) in [6, 6.07) is 5.30. The minimum Gasteiger partial charge on any atom is -0.366 e. The Balaban J connectivity index is 2.01. The fourth-order valence-corrected chi connectivity index (χ4v) is 2.49. The summed E-state index contributed by atoms with van der Waals surface area (Å²) in [4.78, 5) is 12.1. The fourth-order valence-electron chi connectivity index (χ4n) is 2.10. The Kier molecular flexibility index (Phi) is 4.62. The lowest BCUT2D eigenvalue weighted by Gasteiger charge is -2.12. The molecule has 0 saturated carbocycles. The van der Waals surface area contributed by atoms with Crippen LogP contribution in [0, 0.1) is 0 Å². The van der Waals surface area contributed by atoms with E-state index in [1.165, 1.54) is 0 Å². The van der Waals surface area contributed by atoms with E-state index in [1.807, 2.05) is 6.07 Å². The van der Waals surface area contributed by atoms with Crippen LogP contribution >= 0.6 is 23.2 Å². The molecule has 1 aliphatic heterocycles. The van der Waals surface area contributed by atoms with E-state index >= 15 is 0 Å². The highest BCUT2D eigenvalue weighted by Crippen LogP contribution is 2.27. The number of nitrogens with two attached hydrogens (primary N) is 1. The molecular formula is C13H15Cl2NO2. The number of benzene rings is 1. The van der Waals surface area contributed by atoms with Crippen LogP contribution in [0.5, 0.6) is 0 Å². The van der Waals surface area contributed by atoms with Gasteiger partial charge in [-0.15, -0.1) is 0 Å². The predicted octanol–water partition coefficient (Wildman–Crippen LogP) is 2.61. The van der Waals surface area contributed by atoms with Crippen LogP contribution in [-0.4, -0.2) is 24.5 Å². The quantitative estimate of drug-likeness (QED) is 0.926. The van der Waals surface area contributed by atoms with Gasteiger partial charge in [-0.1, -0.05) is 35.3 Å².